The van der Waals surface area contributed by atoms with Crippen LogP contribution in [0, 0.1) is 0 Å². The lowest BCUT2D eigenvalue weighted by atomic mass is 10.2. The number of aromatic nitrogens is 1. The van der Waals surface area contributed by atoms with Crippen LogP contribution in [0.1, 0.15) is 29.3 Å². The predicted octanol–water partition coefficient (Wildman–Crippen LogP) is 3.29. The number of amides is 2. The summed E-state index contributed by atoms with van der Waals surface area (Å²) in [6.45, 7) is 2.02. The molecule has 10 heteroatoms. The zero-order valence-corrected chi connectivity index (χ0v) is 18.5. The first kappa shape index (κ1) is 22.3. The molecule has 1 aliphatic heterocycles. The Morgan fingerprint density at radius 2 is 1.97 bits per heavy atom. The van der Waals surface area contributed by atoms with Gasteiger partial charge in [-0.25, -0.2) is 4.79 Å². The third kappa shape index (κ3) is 5.47. The second kappa shape index (κ2) is 10.1. The van der Waals surface area contributed by atoms with Gasteiger partial charge in [-0.1, -0.05) is 30.0 Å². The summed E-state index contributed by atoms with van der Waals surface area (Å²) in [4.78, 5) is 39.4. The van der Waals surface area contributed by atoms with Crippen molar-refractivity contribution < 1.29 is 19.1 Å². The molecule has 1 atom stereocenters. The molecule has 1 aromatic heterocycles. The summed E-state index contributed by atoms with van der Waals surface area (Å²) in [7, 11) is 0. The Morgan fingerprint density at radius 3 is 2.76 bits per heavy atom. The van der Waals surface area contributed by atoms with E-state index in [4.69, 9.17) is 4.74 Å². The molecule has 2 heterocycles. The first-order valence-electron chi connectivity index (χ1n) is 10.2. The number of benzene rings is 2. The van der Waals surface area contributed by atoms with Crippen LogP contribution in [0.2, 0.25) is 0 Å². The molecule has 9 nitrogen and oxygen atoms in total. The van der Waals surface area contributed by atoms with Crippen LogP contribution in [0.25, 0.3) is 10.9 Å². The van der Waals surface area contributed by atoms with Crippen LogP contribution in [0.5, 0.6) is 0 Å². The molecule has 3 aromatic rings. The maximum Gasteiger partial charge on any atom is 0.338 e. The van der Waals surface area contributed by atoms with Crippen molar-refractivity contribution in [1.82, 2.24) is 10.3 Å². The second-order valence-electron chi connectivity index (χ2n) is 7.09. The summed E-state index contributed by atoms with van der Waals surface area (Å²) >= 11 is 1.16. The number of ether oxygens (including phenoxy) is 1. The van der Waals surface area contributed by atoms with Crippen LogP contribution in [-0.2, 0) is 14.3 Å². The quantitative estimate of drug-likeness (QED) is 0.282. The summed E-state index contributed by atoms with van der Waals surface area (Å²) in [6, 6.07) is 14.2. The number of para-hydroxylation sites is 1. The van der Waals surface area contributed by atoms with E-state index in [1.165, 1.54) is 0 Å². The highest BCUT2D eigenvalue weighted by molar-refractivity contribution is 8.15. The van der Waals surface area contributed by atoms with Crippen molar-refractivity contribution in [3.05, 3.63) is 65.9 Å². The second-order valence-corrected chi connectivity index (χ2v) is 8.28. The number of nitrogens with zero attached hydrogens (tertiary/aromatic N) is 2. The van der Waals surface area contributed by atoms with E-state index in [0.717, 1.165) is 28.2 Å². The first-order chi connectivity index (χ1) is 16.0. The predicted molar refractivity (Wildman–Crippen MR) is 128 cm³/mol. The maximum atomic E-state index is 12.4. The van der Waals surface area contributed by atoms with Crippen molar-refractivity contribution in [3.63, 3.8) is 0 Å². The normalized spacial score (nSPS) is 16.9. The van der Waals surface area contributed by atoms with E-state index in [2.05, 4.69) is 25.8 Å². The number of H-pyrrole nitrogens is 1. The molecule has 33 heavy (non-hydrogen) atoms. The average molecular weight is 464 g/mol. The summed E-state index contributed by atoms with van der Waals surface area (Å²) < 4.78 is 4.93. The SMILES string of the molecule is CCOC(=O)c1ccc(NC(=O)C[C@H]2S/C(=N\N=C/c3c[nH]c4ccccc34)NC2=O)cc1. The molecule has 2 amide bonds. The molecule has 0 spiro atoms. The van der Waals surface area contributed by atoms with Crippen LogP contribution in [0.4, 0.5) is 5.69 Å². The van der Waals surface area contributed by atoms with Crippen molar-refractivity contribution in [2.75, 3.05) is 11.9 Å². The lowest BCUT2D eigenvalue weighted by Gasteiger charge is -2.08. The Hall–Kier alpha value is -3.92. The molecule has 168 valence electrons. The van der Waals surface area contributed by atoms with Gasteiger partial charge in [0.25, 0.3) is 0 Å². The summed E-state index contributed by atoms with van der Waals surface area (Å²) in [6.07, 6.45) is 3.42. The number of esters is 1. The fourth-order valence-corrected chi connectivity index (χ4v) is 4.14. The topological polar surface area (TPSA) is 125 Å². The van der Waals surface area contributed by atoms with E-state index in [0.29, 0.717) is 16.4 Å². The highest BCUT2D eigenvalue weighted by atomic mass is 32.2. The van der Waals surface area contributed by atoms with Gasteiger partial charge in [-0.2, -0.15) is 5.10 Å². The minimum atomic E-state index is -0.606. The van der Waals surface area contributed by atoms with Gasteiger partial charge in [-0.15, -0.1) is 5.10 Å². The number of hydrogen-bond acceptors (Lipinski definition) is 7. The van der Waals surface area contributed by atoms with Crippen LogP contribution >= 0.6 is 11.8 Å². The zero-order chi connectivity index (χ0) is 23.2. The number of fused-ring (bicyclic) bond motifs is 1. The number of hydrogen-bond donors (Lipinski definition) is 3. The van der Waals surface area contributed by atoms with E-state index in [1.54, 1.807) is 37.4 Å². The Morgan fingerprint density at radius 1 is 1.18 bits per heavy atom. The third-order valence-corrected chi connectivity index (χ3v) is 5.87. The van der Waals surface area contributed by atoms with Crippen LogP contribution in [0.15, 0.2) is 64.9 Å². The Balaban J connectivity index is 1.31. The number of amidine groups is 1. The van der Waals surface area contributed by atoms with E-state index in [1.807, 2.05) is 30.5 Å². The fraction of sp³-hybridized carbons (Fsp3) is 0.174. The molecule has 1 fully saturated rings. The molecule has 4 rings (SSSR count). The number of anilines is 1. The molecule has 0 saturated carbocycles. The summed E-state index contributed by atoms with van der Waals surface area (Å²) in [5.41, 5.74) is 2.80. The summed E-state index contributed by atoms with van der Waals surface area (Å²) in [5, 5.41) is 14.3. The van der Waals surface area contributed by atoms with Crippen LogP contribution < -0.4 is 10.6 Å². The van der Waals surface area contributed by atoms with Crippen molar-refractivity contribution >= 4 is 57.5 Å². The lowest BCUT2D eigenvalue weighted by Crippen LogP contribution is -2.28. The number of nitrogens with one attached hydrogen (secondary N) is 3. The fourth-order valence-electron chi connectivity index (χ4n) is 3.22. The molecule has 1 aliphatic rings. The van der Waals surface area contributed by atoms with E-state index in [9.17, 15) is 14.4 Å². The first-order valence-corrected chi connectivity index (χ1v) is 11.1. The number of thioether (sulfide) groups is 1. The smallest absolute Gasteiger partial charge is 0.338 e. The molecule has 1 saturated heterocycles. The Bertz CT molecular complexity index is 1250. The van der Waals surface area contributed by atoms with Gasteiger partial charge < -0.3 is 20.4 Å². The Labute approximate surface area is 193 Å². The molecular formula is C23H21N5O4S. The van der Waals surface area contributed by atoms with E-state index < -0.39 is 11.2 Å². The molecule has 0 unspecified atom stereocenters. The van der Waals surface area contributed by atoms with Crippen LogP contribution in [-0.4, -0.2) is 46.0 Å². The maximum absolute atomic E-state index is 12.4. The van der Waals surface area contributed by atoms with Crippen molar-refractivity contribution in [2.45, 2.75) is 18.6 Å². The van der Waals surface area contributed by atoms with E-state index in [-0.39, 0.29) is 24.8 Å². The minimum Gasteiger partial charge on any atom is -0.462 e. The molecule has 0 radical (unpaired) electrons. The Kier molecular flexibility index (Phi) is 6.84. The highest BCUT2D eigenvalue weighted by Crippen LogP contribution is 2.23. The summed E-state index contributed by atoms with van der Waals surface area (Å²) in [5.74, 6) is -1.04. The molecule has 3 N–H and O–H groups in total. The van der Waals surface area contributed by atoms with Gasteiger partial charge in [0.2, 0.25) is 11.8 Å². The largest absolute Gasteiger partial charge is 0.462 e. The van der Waals surface area contributed by atoms with Crippen molar-refractivity contribution in [1.29, 1.82) is 0 Å². The minimum absolute atomic E-state index is 0.0265. The molecule has 0 bridgehead atoms. The van der Waals surface area contributed by atoms with Crippen molar-refractivity contribution in [3.8, 4) is 0 Å². The monoisotopic (exact) mass is 463 g/mol. The molecule has 0 aliphatic carbocycles. The van der Waals surface area contributed by atoms with Gasteiger partial charge in [-0.05, 0) is 37.3 Å². The van der Waals surface area contributed by atoms with Gasteiger partial charge in [0.1, 0.15) is 5.25 Å². The molecule has 2 aromatic carbocycles. The molecular weight excluding hydrogens is 442 g/mol. The van der Waals surface area contributed by atoms with Gasteiger partial charge in [0.05, 0.1) is 18.4 Å². The number of carbonyl (C=O) groups is 3. The van der Waals surface area contributed by atoms with Gasteiger partial charge in [-0.3, -0.25) is 9.59 Å². The lowest BCUT2D eigenvalue weighted by molar-refractivity contribution is -0.122. The van der Waals surface area contributed by atoms with Crippen LogP contribution in [0.3, 0.4) is 0 Å². The van der Waals surface area contributed by atoms with Gasteiger partial charge >= 0.3 is 5.97 Å². The number of carbonyl (C=O) groups excluding carboxylic acids is 3. The van der Waals surface area contributed by atoms with Gasteiger partial charge in [0.15, 0.2) is 5.17 Å². The highest BCUT2D eigenvalue weighted by Gasteiger charge is 2.32. The van der Waals surface area contributed by atoms with E-state index >= 15 is 0 Å². The number of aromatic amines is 1. The average Bonchev–Trinajstić information content (AvgIpc) is 3.37. The third-order valence-electron chi connectivity index (χ3n) is 4.79. The zero-order valence-electron chi connectivity index (χ0n) is 17.7. The standard InChI is InChI=1S/C23H21N5O4S/c1-2-32-22(31)14-7-9-16(10-8-14)26-20(29)11-19-21(30)27-23(33-19)28-25-13-15-12-24-18-6-4-3-5-17(15)18/h3-10,12-13,19,24H,2,11H2,1H3,(H,26,29)(H,27,28,30)/b25-13-/t19-/m1/s1. The van der Waals surface area contributed by atoms with Gasteiger partial charge in [0, 0.05) is 34.8 Å². The van der Waals surface area contributed by atoms with Crippen molar-refractivity contribution in [2.24, 2.45) is 10.2 Å². The number of rotatable bonds is 7.